The van der Waals surface area contributed by atoms with Crippen molar-refractivity contribution in [2.45, 2.75) is 38.5 Å². The highest BCUT2D eigenvalue weighted by atomic mass is 127. The van der Waals surface area contributed by atoms with Crippen LogP contribution in [0, 0.1) is 0 Å². The molecule has 1 amide bonds. The van der Waals surface area contributed by atoms with Crippen molar-refractivity contribution >= 4 is 39.8 Å². The van der Waals surface area contributed by atoms with E-state index in [1.165, 1.54) is 40.6 Å². The Bertz CT molecular complexity index is 367. The number of hydrogen-bond acceptors (Lipinski definition) is 2. The minimum atomic E-state index is 0.124. The molecule has 0 spiro atoms. The molecule has 0 unspecified atom stereocenters. The molecule has 4 heteroatoms. The number of hydrogen-bond donors (Lipinski definition) is 1. The van der Waals surface area contributed by atoms with E-state index in [9.17, 15) is 4.79 Å². The molecule has 0 saturated carbocycles. The molecule has 0 saturated heterocycles. The Hall–Kier alpha value is -0.100. The zero-order chi connectivity index (χ0) is 12.1. The second-order valence-corrected chi connectivity index (χ2v) is 6.63. The van der Waals surface area contributed by atoms with Crippen molar-refractivity contribution < 1.29 is 4.79 Å². The van der Waals surface area contributed by atoms with Gasteiger partial charge in [0.15, 0.2) is 0 Å². The van der Waals surface area contributed by atoms with Crippen LogP contribution in [0.2, 0.25) is 0 Å². The number of unbranched alkanes of at least 4 members (excludes halogenated alkanes) is 2. The number of carbonyl (C=O) groups is 1. The number of thiophene rings is 1. The summed E-state index contributed by atoms with van der Waals surface area (Å²) >= 11 is 4.08. The van der Waals surface area contributed by atoms with Crippen LogP contribution in [0.5, 0.6) is 0 Å². The van der Waals surface area contributed by atoms with Crippen LogP contribution in [0.1, 0.15) is 45.8 Å². The van der Waals surface area contributed by atoms with Gasteiger partial charge in [0.25, 0.3) is 5.91 Å². The van der Waals surface area contributed by atoms with Crippen molar-refractivity contribution in [3.63, 3.8) is 0 Å². The molecule has 0 aliphatic heterocycles. The summed E-state index contributed by atoms with van der Waals surface area (Å²) in [6.07, 6.45) is 7.16. The Balaban J connectivity index is 1.75. The summed E-state index contributed by atoms with van der Waals surface area (Å²) in [5.41, 5.74) is 1.41. The van der Waals surface area contributed by atoms with Crippen LogP contribution in [0.15, 0.2) is 6.07 Å². The second kappa shape index (κ2) is 6.73. The highest BCUT2D eigenvalue weighted by Gasteiger charge is 2.17. The lowest BCUT2D eigenvalue weighted by Crippen LogP contribution is -2.23. The first-order valence-corrected chi connectivity index (χ1v) is 8.61. The molecule has 1 aromatic heterocycles. The Labute approximate surface area is 120 Å². The van der Waals surface area contributed by atoms with E-state index in [0.717, 1.165) is 24.3 Å². The van der Waals surface area contributed by atoms with E-state index in [2.05, 4.69) is 34.0 Å². The molecular formula is C13H18INOS. The summed E-state index contributed by atoms with van der Waals surface area (Å²) in [6.45, 7) is 0.817. The van der Waals surface area contributed by atoms with E-state index >= 15 is 0 Å². The average Bonchev–Trinajstić information content (AvgIpc) is 2.88. The normalized spacial score (nSPS) is 13.7. The van der Waals surface area contributed by atoms with Gasteiger partial charge in [-0.05, 0) is 48.2 Å². The lowest BCUT2D eigenvalue weighted by Gasteiger charge is -2.02. The van der Waals surface area contributed by atoms with Crippen LogP contribution in [-0.4, -0.2) is 16.9 Å². The maximum Gasteiger partial charge on any atom is 0.261 e. The number of carbonyl (C=O) groups excluding carboxylic acids is 1. The Kier molecular flexibility index (Phi) is 5.28. The molecule has 17 heavy (non-hydrogen) atoms. The lowest BCUT2D eigenvalue weighted by molar-refractivity contribution is 0.0957. The fourth-order valence-electron chi connectivity index (χ4n) is 2.13. The fourth-order valence-corrected chi connectivity index (χ4v) is 3.84. The van der Waals surface area contributed by atoms with E-state index in [4.69, 9.17) is 0 Å². The molecule has 0 fully saturated rings. The first kappa shape index (κ1) is 13.3. The van der Waals surface area contributed by atoms with Crippen molar-refractivity contribution in [1.82, 2.24) is 5.32 Å². The van der Waals surface area contributed by atoms with Gasteiger partial charge < -0.3 is 5.32 Å². The molecule has 94 valence electrons. The zero-order valence-corrected chi connectivity index (χ0v) is 12.9. The smallest absolute Gasteiger partial charge is 0.261 e. The van der Waals surface area contributed by atoms with Gasteiger partial charge in [-0.3, -0.25) is 4.79 Å². The molecule has 2 nitrogen and oxygen atoms in total. The summed E-state index contributed by atoms with van der Waals surface area (Å²) in [7, 11) is 0. The van der Waals surface area contributed by atoms with Gasteiger partial charge in [0.2, 0.25) is 0 Å². The van der Waals surface area contributed by atoms with Gasteiger partial charge in [0.1, 0.15) is 0 Å². The Morgan fingerprint density at radius 1 is 1.35 bits per heavy atom. The van der Waals surface area contributed by atoms with Crippen LogP contribution < -0.4 is 5.32 Å². The van der Waals surface area contributed by atoms with E-state index in [-0.39, 0.29) is 5.91 Å². The molecule has 1 aliphatic carbocycles. The van der Waals surface area contributed by atoms with Crippen LogP contribution in [0.4, 0.5) is 0 Å². The van der Waals surface area contributed by atoms with Crippen molar-refractivity contribution in [3.05, 3.63) is 21.4 Å². The fraction of sp³-hybridized carbons (Fsp3) is 0.615. The molecule has 1 heterocycles. The van der Waals surface area contributed by atoms with Crippen LogP contribution >= 0.6 is 33.9 Å². The number of amides is 1. The molecule has 1 aliphatic rings. The van der Waals surface area contributed by atoms with Gasteiger partial charge in [-0.1, -0.05) is 29.0 Å². The summed E-state index contributed by atoms with van der Waals surface area (Å²) < 4.78 is 1.21. The summed E-state index contributed by atoms with van der Waals surface area (Å²) in [4.78, 5) is 14.2. The number of nitrogens with one attached hydrogen (secondary N) is 1. The standard InChI is InChI=1S/C13H18INOS/c14-7-2-1-3-8-15-13(16)12-9-10-5-4-6-11(10)17-12/h9H,1-8H2,(H,15,16). The third-order valence-electron chi connectivity index (χ3n) is 3.07. The number of alkyl halides is 1. The zero-order valence-electron chi connectivity index (χ0n) is 9.93. The molecule has 2 rings (SSSR count). The molecular weight excluding hydrogens is 345 g/mol. The van der Waals surface area contributed by atoms with E-state index in [1.807, 2.05) is 0 Å². The number of rotatable bonds is 6. The van der Waals surface area contributed by atoms with Crippen LogP contribution in [0.25, 0.3) is 0 Å². The molecule has 0 aromatic carbocycles. The highest BCUT2D eigenvalue weighted by Crippen LogP contribution is 2.30. The number of aryl methyl sites for hydroxylation is 2. The predicted octanol–water partition coefficient (Wildman–Crippen LogP) is 3.57. The van der Waals surface area contributed by atoms with Crippen molar-refractivity contribution in [3.8, 4) is 0 Å². The van der Waals surface area contributed by atoms with Gasteiger partial charge in [0, 0.05) is 11.4 Å². The first-order chi connectivity index (χ1) is 8.31. The highest BCUT2D eigenvalue weighted by molar-refractivity contribution is 14.1. The predicted molar refractivity (Wildman–Crippen MR) is 81.4 cm³/mol. The van der Waals surface area contributed by atoms with Crippen LogP contribution in [0.3, 0.4) is 0 Å². The molecule has 1 N–H and O–H groups in total. The first-order valence-electron chi connectivity index (χ1n) is 6.27. The maximum absolute atomic E-state index is 11.9. The van der Waals surface area contributed by atoms with Gasteiger partial charge in [-0.15, -0.1) is 11.3 Å². The summed E-state index contributed by atoms with van der Waals surface area (Å²) in [6, 6.07) is 2.09. The van der Waals surface area contributed by atoms with Gasteiger partial charge in [-0.2, -0.15) is 0 Å². The monoisotopic (exact) mass is 363 g/mol. The number of fused-ring (bicyclic) bond motifs is 1. The second-order valence-electron chi connectivity index (χ2n) is 4.42. The van der Waals surface area contributed by atoms with Crippen molar-refractivity contribution in [1.29, 1.82) is 0 Å². The van der Waals surface area contributed by atoms with Gasteiger partial charge in [0.05, 0.1) is 4.88 Å². The quantitative estimate of drug-likeness (QED) is 0.467. The maximum atomic E-state index is 11.9. The van der Waals surface area contributed by atoms with Crippen LogP contribution in [-0.2, 0) is 12.8 Å². The lowest BCUT2D eigenvalue weighted by atomic mass is 10.2. The number of halogens is 1. The molecule has 0 atom stereocenters. The van der Waals surface area contributed by atoms with E-state index in [1.54, 1.807) is 11.3 Å². The third-order valence-corrected chi connectivity index (χ3v) is 5.07. The van der Waals surface area contributed by atoms with Gasteiger partial charge in [-0.25, -0.2) is 0 Å². The average molecular weight is 363 g/mol. The van der Waals surface area contributed by atoms with Gasteiger partial charge >= 0.3 is 0 Å². The Morgan fingerprint density at radius 3 is 3.00 bits per heavy atom. The largest absolute Gasteiger partial charge is 0.351 e. The molecule has 1 aromatic rings. The summed E-state index contributed by atoms with van der Waals surface area (Å²) in [5.74, 6) is 0.124. The van der Waals surface area contributed by atoms with Crippen molar-refractivity contribution in [2.24, 2.45) is 0 Å². The molecule has 0 radical (unpaired) electrons. The minimum absolute atomic E-state index is 0.124. The topological polar surface area (TPSA) is 29.1 Å². The summed E-state index contributed by atoms with van der Waals surface area (Å²) in [5, 5.41) is 3.02. The van der Waals surface area contributed by atoms with E-state index in [0.29, 0.717) is 0 Å². The SMILES string of the molecule is O=C(NCCCCCI)c1cc2c(s1)CCC2. The minimum Gasteiger partial charge on any atom is -0.351 e. The Morgan fingerprint density at radius 2 is 2.24 bits per heavy atom. The van der Waals surface area contributed by atoms with Crippen molar-refractivity contribution in [2.75, 3.05) is 11.0 Å². The third kappa shape index (κ3) is 3.68. The molecule has 0 bridgehead atoms. The van der Waals surface area contributed by atoms with E-state index < -0.39 is 0 Å².